The third-order valence-electron chi connectivity index (χ3n) is 2.83. The van der Waals surface area contributed by atoms with Gasteiger partial charge in [-0.1, -0.05) is 34.1 Å². The molecule has 2 heterocycles. The highest BCUT2D eigenvalue weighted by Gasteiger charge is 2.12. The summed E-state index contributed by atoms with van der Waals surface area (Å²) in [4.78, 5) is 4.28. The maximum Gasteiger partial charge on any atom is 0.248 e. The highest BCUT2D eigenvalue weighted by atomic mass is 35.5. The van der Waals surface area contributed by atoms with E-state index in [4.69, 9.17) is 16.1 Å². The van der Waals surface area contributed by atoms with Crippen molar-refractivity contribution in [3.63, 3.8) is 0 Å². The number of aliphatic hydroxyl groups excluding tert-OH is 1. The Labute approximate surface area is 125 Å². The standard InChI is InChI=1S/C13H12ClN5O2/c1-8(20)11-6-19(18-16-11)7-12-15-13(17-21-12)9-3-2-4-10(14)5-9/h2-6,8,20H,7H2,1H3. The molecule has 0 saturated carbocycles. The third-order valence-corrected chi connectivity index (χ3v) is 3.07. The normalized spacial score (nSPS) is 12.5. The number of halogens is 1. The molecule has 8 heteroatoms. The molecule has 0 aliphatic carbocycles. The van der Waals surface area contributed by atoms with Crippen molar-refractivity contribution in [3.05, 3.63) is 47.1 Å². The summed E-state index contributed by atoms with van der Waals surface area (Å²) >= 11 is 5.93. The van der Waals surface area contributed by atoms with E-state index in [1.807, 2.05) is 12.1 Å². The molecule has 1 atom stereocenters. The van der Waals surface area contributed by atoms with Gasteiger partial charge in [0.05, 0.1) is 12.3 Å². The number of rotatable bonds is 4. The molecule has 1 unspecified atom stereocenters. The van der Waals surface area contributed by atoms with Gasteiger partial charge in [-0.2, -0.15) is 4.98 Å². The van der Waals surface area contributed by atoms with Gasteiger partial charge in [0.2, 0.25) is 11.7 Å². The van der Waals surface area contributed by atoms with E-state index in [2.05, 4.69) is 20.5 Å². The van der Waals surface area contributed by atoms with Crippen LogP contribution in [0.3, 0.4) is 0 Å². The lowest BCUT2D eigenvalue weighted by molar-refractivity contribution is 0.194. The highest BCUT2D eigenvalue weighted by molar-refractivity contribution is 6.30. The second kappa shape index (κ2) is 5.63. The molecule has 108 valence electrons. The third kappa shape index (κ3) is 3.09. The average Bonchev–Trinajstić information content (AvgIpc) is 3.08. The van der Waals surface area contributed by atoms with E-state index in [-0.39, 0.29) is 6.54 Å². The Balaban J connectivity index is 1.78. The van der Waals surface area contributed by atoms with Crippen molar-refractivity contribution in [1.29, 1.82) is 0 Å². The first-order chi connectivity index (χ1) is 10.1. The molecule has 0 aliphatic rings. The largest absolute Gasteiger partial charge is 0.387 e. The Hall–Kier alpha value is -2.25. The molecule has 0 amide bonds. The Morgan fingerprint density at radius 3 is 3.00 bits per heavy atom. The van der Waals surface area contributed by atoms with Crippen LogP contribution in [0.1, 0.15) is 24.6 Å². The van der Waals surface area contributed by atoms with Gasteiger partial charge in [-0.3, -0.25) is 0 Å². The summed E-state index contributed by atoms with van der Waals surface area (Å²) in [5.41, 5.74) is 1.27. The predicted octanol–water partition coefficient (Wildman–Crippen LogP) is 2.08. The zero-order valence-electron chi connectivity index (χ0n) is 11.1. The molecule has 0 bridgehead atoms. The van der Waals surface area contributed by atoms with Gasteiger partial charge in [-0.25, -0.2) is 4.68 Å². The van der Waals surface area contributed by atoms with Gasteiger partial charge in [0.25, 0.3) is 0 Å². The average molecular weight is 306 g/mol. The fourth-order valence-electron chi connectivity index (χ4n) is 1.78. The molecular weight excluding hydrogens is 294 g/mol. The summed E-state index contributed by atoms with van der Waals surface area (Å²) in [6, 6.07) is 7.21. The maximum atomic E-state index is 9.40. The molecule has 1 N–H and O–H groups in total. The number of hydrogen-bond donors (Lipinski definition) is 1. The first kappa shape index (κ1) is 13.7. The molecule has 3 rings (SSSR count). The summed E-state index contributed by atoms with van der Waals surface area (Å²) in [7, 11) is 0. The van der Waals surface area contributed by atoms with Crippen LogP contribution >= 0.6 is 11.6 Å². The van der Waals surface area contributed by atoms with Crippen molar-refractivity contribution in [2.45, 2.75) is 19.6 Å². The minimum absolute atomic E-state index is 0.285. The van der Waals surface area contributed by atoms with Crippen LogP contribution < -0.4 is 0 Å². The summed E-state index contributed by atoms with van der Waals surface area (Å²) < 4.78 is 6.70. The molecule has 2 aromatic heterocycles. The first-order valence-corrected chi connectivity index (χ1v) is 6.66. The zero-order valence-corrected chi connectivity index (χ0v) is 11.9. The van der Waals surface area contributed by atoms with Crippen LogP contribution in [0.4, 0.5) is 0 Å². The molecule has 21 heavy (non-hydrogen) atoms. The van der Waals surface area contributed by atoms with Crippen molar-refractivity contribution >= 4 is 11.6 Å². The van der Waals surface area contributed by atoms with Gasteiger partial charge in [0.1, 0.15) is 12.2 Å². The predicted molar refractivity (Wildman–Crippen MR) is 74.5 cm³/mol. The molecule has 0 aliphatic heterocycles. The van der Waals surface area contributed by atoms with Gasteiger partial charge in [-0.15, -0.1) is 5.10 Å². The maximum absolute atomic E-state index is 9.40. The van der Waals surface area contributed by atoms with Crippen LogP contribution in [0.15, 0.2) is 35.0 Å². The van der Waals surface area contributed by atoms with Crippen LogP contribution in [-0.2, 0) is 6.54 Å². The van der Waals surface area contributed by atoms with Gasteiger partial charge >= 0.3 is 0 Å². The van der Waals surface area contributed by atoms with E-state index in [0.29, 0.717) is 22.4 Å². The van der Waals surface area contributed by atoms with E-state index in [1.54, 1.807) is 25.3 Å². The zero-order chi connectivity index (χ0) is 14.8. The fourth-order valence-corrected chi connectivity index (χ4v) is 1.97. The summed E-state index contributed by atoms with van der Waals surface area (Å²) in [5, 5.41) is 21.7. The van der Waals surface area contributed by atoms with Crippen LogP contribution in [0.25, 0.3) is 11.4 Å². The van der Waals surface area contributed by atoms with Gasteiger partial charge < -0.3 is 9.63 Å². The van der Waals surface area contributed by atoms with Gasteiger partial charge in [0, 0.05) is 10.6 Å². The topological polar surface area (TPSA) is 89.9 Å². The first-order valence-electron chi connectivity index (χ1n) is 6.28. The monoisotopic (exact) mass is 305 g/mol. The smallest absolute Gasteiger partial charge is 0.248 e. The summed E-state index contributed by atoms with van der Waals surface area (Å²) in [5.74, 6) is 0.857. The van der Waals surface area contributed by atoms with Crippen molar-refractivity contribution in [2.24, 2.45) is 0 Å². The molecule has 0 fully saturated rings. The molecular formula is C13H12ClN5O2. The Kier molecular flexibility index (Phi) is 3.68. The van der Waals surface area contributed by atoms with Crippen LogP contribution in [0.5, 0.6) is 0 Å². The Morgan fingerprint density at radius 2 is 2.29 bits per heavy atom. The van der Waals surface area contributed by atoms with E-state index < -0.39 is 6.10 Å². The lowest BCUT2D eigenvalue weighted by Gasteiger charge is -1.95. The minimum atomic E-state index is -0.663. The second-order valence-electron chi connectivity index (χ2n) is 4.54. The lowest BCUT2D eigenvalue weighted by Crippen LogP contribution is -2.00. The van der Waals surface area contributed by atoms with Crippen molar-refractivity contribution in [3.8, 4) is 11.4 Å². The van der Waals surface area contributed by atoms with Crippen LogP contribution in [0, 0.1) is 0 Å². The number of aromatic nitrogens is 5. The number of benzene rings is 1. The van der Waals surface area contributed by atoms with E-state index in [9.17, 15) is 5.11 Å². The van der Waals surface area contributed by atoms with Crippen molar-refractivity contribution in [2.75, 3.05) is 0 Å². The van der Waals surface area contributed by atoms with Crippen LogP contribution in [-0.4, -0.2) is 30.2 Å². The molecule has 3 aromatic rings. The van der Waals surface area contributed by atoms with Gasteiger partial charge in [-0.05, 0) is 19.1 Å². The molecule has 0 saturated heterocycles. The minimum Gasteiger partial charge on any atom is -0.387 e. The molecule has 0 radical (unpaired) electrons. The van der Waals surface area contributed by atoms with E-state index in [1.165, 1.54) is 4.68 Å². The number of nitrogens with zero attached hydrogens (tertiary/aromatic N) is 5. The van der Waals surface area contributed by atoms with E-state index in [0.717, 1.165) is 5.56 Å². The summed E-state index contributed by atoms with van der Waals surface area (Å²) in [6.45, 7) is 1.91. The van der Waals surface area contributed by atoms with Gasteiger partial charge in [0.15, 0.2) is 0 Å². The SMILES string of the molecule is CC(O)c1cn(Cc2nc(-c3cccc(Cl)c3)no2)nn1. The van der Waals surface area contributed by atoms with Crippen molar-refractivity contribution < 1.29 is 9.63 Å². The van der Waals surface area contributed by atoms with Crippen LogP contribution in [0.2, 0.25) is 5.02 Å². The molecule has 0 spiro atoms. The fraction of sp³-hybridized carbons (Fsp3) is 0.231. The van der Waals surface area contributed by atoms with Crippen molar-refractivity contribution in [1.82, 2.24) is 25.1 Å². The molecule has 1 aromatic carbocycles. The number of hydrogen-bond acceptors (Lipinski definition) is 6. The second-order valence-corrected chi connectivity index (χ2v) is 4.98. The Bertz CT molecular complexity index is 752. The highest BCUT2D eigenvalue weighted by Crippen LogP contribution is 2.20. The molecule has 7 nitrogen and oxygen atoms in total. The van der Waals surface area contributed by atoms with E-state index >= 15 is 0 Å². The lowest BCUT2D eigenvalue weighted by atomic mass is 10.2. The Morgan fingerprint density at radius 1 is 1.43 bits per heavy atom. The number of aliphatic hydroxyl groups is 1. The quantitative estimate of drug-likeness (QED) is 0.793. The summed E-state index contributed by atoms with van der Waals surface area (Å²) in [6.07, 6.45) is 0.969.